The minimum Gasteiger partial charge on any atom is -0.381 e. The van der Waals surface area contributed by atoms with Gasteiger partial charge in [0.05, 0.1) is 0 Å². The second-order valence-corrected chi connectivity index (χ2v) is 6.92. The van der Waals surface area contributed by atoms with Gasteiger partial charge in [-0.05, 0) is 57.1 Å². The van der Waals surface area contributed by atoms with Gasteiger partial charge in [-0.3, -0.25) is 14.8 Å². The zero-order valence-electron chi connectivity index (χ0n) is 15.5. The topological polar surface area (TPSA) is 111 Å². The second-order valence-electron chi connectivity index (χ2n) is 6.92. The number of hydrogen-bond acceptors (Lipinski definition) is 5. The van der Waals surface area contributed by atoms with E-state index in [-0.39, 0.29) is 5.56 Å². The van der Waals surface area contributed by atoms with Gasteiger partial charge in [0.15, 0.2) is 5.60 Å². The van der Waals surface area contributed by atoms with Gasteiger partial charge in [-0.2, -0.15) is 0 Å². The molecule has 1 aliphatic carbocycles. The third-order valence-electron chi connectivity index (χ3n) is 4.61. The molecule has 0 saturated heterocycles. The van der Waals surface area contributed by atoms with E-state index in [0.29, 0.717) is 24.3 Å². The summed E-state index contributed by atoms with van der Waals surface area (Å²) < 4.78 is 26.0. The van der Waals surface area contributed by atoms with Crippen LogP contribution in [0.1, 0.15) is 29.3 Å². The van der Waals surface area contributed by atoms with Crippen molar-refractivity contribution in [3.05, 3.63) is 35.4 Å². The molecule has 0 bridgehead atoms. The number of hydroxylamine groups is 1. The average Bonchev–Trinajstić information content (AvgIpc) is 3.42. The van der Waals surface area contributed by atoms with E-state index in [1.807, 2.05) is 12.4 Å². The van der Waals surface area contributed by atoms with E-state index in [4.69, 9.17) is 5.21 Å². The Morgan fingerprint density at radius 1 is 1.32 bits per heavy atom. The molecular weight excluding hydrogens is 372 g/mol. The van der Waals surface area contributed by atoms with Gasteiger partial charge < -0.3 is 15.7 Å². The number of alkyl halides is 2. The molecule has 152 valence electrons. The van der Waals surface area contributed by atoms with Gasteiger partial charge in [-0.1, -0.05) is 11.8 Å². The van der Waals surface area contributed by atoms with Crippen LogP contribution in [0.2, 0.25) is 0 Å². The Morgan fingerprint density at radius 2 is 1.96 bits per heavy atom. The highest BCUT2D eigenvalue weighted by Crippen LogP contribution is 2.36. The van der Waals surface area contributed by atoms with Crippen molar-refractivity contribution in [3.8, 4) is 11.8 Å². The average molecular weight is 395 g/mol. The van der Waals surface area contributed by atoms with Crippen LogP contribution >= 0.6 is 0 Å². The predicted octanol–water partition coefficient (Wildman–Crippen LogP) is 0.514. The van der Waals surface area contributed by atoms with Crippen LogP contribution in [0.25, 0.3) is 0 Å². The Bertz CT molecular complexity index is 772. The van der Waals surface area contributed by atoms with Gasteiger partial charge >= 0.3 is 0 Å². The lowest BCUT2D eigenvalue weighted by atomic mass is 9.95. The first-order chi connectivity index (χ1) is 13.2. The molecule has 5 N–H and O–H groups in total. The Balaban J connectivity index is 2.05. The molecule has 0 aromatic heterocycles. The minimum absolute atomic E-state index is 0.0887. The number of rotatable bonds is 7. The number of aliphatic hydroxyl groups is 1. The summed E-state index contributed by atoms with van der Waals surface area (Å²) in [5, 5.41) is 23.6. The molecule has 2 unspecified atom stereocenters. The lowest BCUT2D eigenvalue weighted by molar-refractivity contribution is -0.149. The third kappa shape index (κ3) is 5.25. The van der Waals surface area contributed by atoms with E-state index in [2.05, 4.69) is 17.2 Å². The van der Waals surface area contributed by atoms with Crippen LogP contribution < -0.4 is 16.1 Å². The van der Waals surface area contributed by atoms with Crippen LogP contribution in [-0.4, -0.2) is 53.8 Å². The van der Waals surface area contributed by atoms with Crippen molar-refractivity contribution < 1.29 is 28.7 Å². The van der Waals surface area contributed by atoms with E-state index in [1.54, 1.807) is 12.1 Å². The maximum atomic E-state index is 13.0. The molecule has 2 amide bonds. The van der Waals surface area contributed by atoms with Crippen LogP contribution in [0.3, 0.4) is 0 Å². The fraction of sp³-hybridized carbons (Fsp3) is 0.474. The van der Waals surface area contributed by atoms with Crippen molar-refractivity contribution in [1.29, 1.82) is 0 Å². The van der Waals surface area contributed by atoms with Gasteiger partial charge in [0.2, 0.25) is 0 Å². The third-order valence-corrected chi connectivity index (χ3v) is 4.61. The first-order valence-corrected chi connectivity index (χ1v) is 8.72. The van der Waals surface area contributed by atoms with Crippen LogP contribution in [0.4, 0.5) is 8.78 Å². The number of carbonyl (C=O) groups excluding carboxylic acids is 2. The highest BCUT2D eigenvalue weighted by atomic mass is 19.3. The molecule has 0 aliphatic heterocycles. The molecule has 1 aromatic carbocycles. The monoisotopic (exact) mass is 395 g/mol. The van der Waals surface area contributed by atoms with Crippen LogP contribution in [0, 0.1) is 23.7 Å². The van der Waals surface area contributed by atoms with Crippen molar-refractivity contribution in [1.82, 2.24) is 16.1 Å². The Morgan fingerprint density at radius 3 is 2.50 bits per heavy atom. The zero-order valence-corrected chi connectivity index (χ0v) is 15.5. The summed E-state index contributed by atoms with van der Waals surface area (Å²) in [5.74, 6) is 4.87. The van der Waals surface area contributed by atoms with Gasteiger partial charge in [0.25, 0.3) is 18.2 Å². The summed E-state index contributed by atoms with van der Waals surface area (Å²) in [4.78, 5) is 23.9. The highest BCUT2D eigenvalue weighted by Gasteiger charge is 2.46. The minimum atomic E-state index is -3.33. The van der Waals surface area contributed by atoms with Gasteiger partial charge in [-0.25, -0.2) is 14.3 Å². The van der Waals surface area contributed by atoms with E-state index in [1.165, 1.54) is 17.6 Å². The van der Waals surface area contributed by atoms with Crippen molar-refractivity contribution in [3.63, 3.8) is 0 Å². The molecule has 1 saturated carbocycles. The largest absolute Gasteiger partial charge is 0.381 e. The van der Waals surface area contributed by atoms with Crippen molar-refractivity contribution in [2.24, 2.45) is 11.8 Å². The van der Waals surface area contributed by atoms with E-state index >= 15 is 0 Å². The number of halogens is 2. The lowest BCUT2D eigenvalue weighted by Crippen LogP contribution is -2.61. The lowest BCUT2D eigenvalue weighted by Gasteiger charge is -2.30. The molecule has 0 radical (unpaired) electrons. The Hall–Kier alpha value is -2.54. The number of nitrogens with one attached hydrogen (secondary N) is 3. The summed E-state index contributed by atoms with van der Waals surface area (Å²) in [5.41, 5.74) is -0.926. The predicted molar refractivity (Wildman–Crippen MR) is 96.7 cm³/mol. The fourth-order valence-electron chi connectivity index (χ4n) is 2.68. The second kappa shape index (κ2) is 9.10. The van der Waals surface area contributed by atoms with Gasteiger partial charge in [0, 0.05) is 17.0 Å². The van der Waals surface area contributed by atoms with Crippen molar-refractivity contribution >= 4 is 11.8 Å². The standard InChI is InChI=1S/C19H23F2N3O4/c1-19(27,18(20)21)15(17(26)24-28)23-16(25)12-6-3-11(4-7-12)5-8-13-9-14(13)10-22-2/h3-4,6-7,13-15,18,22,27-28H,9-10H2,1-2H3,(H,23,25)(H,24,26)/t13?,14?,15-,19+/m1/s1. The van der Waals surface area contributed by atoms with Crippen LogP contribution in [0.15, 0.2) is 24.3 Å². The molecule has 2 rings (SSSR count). The SMILES string of the molecule is CNCC1CC1C#Cc1ccc(C(=O)N[C@H](C(=O)NO)[C@](C)(O)C(F)F)cc1. The Labute approximate surface area is 161 Å². The smallest absolute Gasteiger partial charge is 0.269 e. The molecule has 1 aromatic rings. The molecule has 0 spiro atoms. The molecule has 28 heavy (non-hydrogen) atoms. The normalized spacial score (nSPS) is 21.1. The van der Waals surface area contributed by atoms with Gasteiger partial charge in [-0.15, -0.1) is 0 Å². The molecule has 4 atom stereocenters. The highest BCUT2D eigenvalue weighted by molar-refractivity contribution is 5.97. The molecular formula is C19H23F2N3O4. The maximum absolute atomic E-state index is 13.0. The molecule has 0 heterocycles. The summed E-state index contributed by atoms with van der Waals surface area (Å²) in [6, 6.07) is 4.02. The molecule has 1 fully saturated rings. The number of benzene rings is 1. The van der Waals surface area contributed by atoms with E-state index in [0.717, 1.165) is 13.0 Å². The molecule has 1 aliphatic rings. The maximum Gasteiger partial charge on any atom is 0.269 e. The molecule has 9 heteroatoms. The summed E-state index contributed by atoms with van der Waals surface area (Å²) in [6.07, 6.45) is -2.28. The van der Waals surface area contributed by atoms with E-state index in [9.17, 15) is 23.5 Å². The summed E-state index contributed by atoms with van der Waals surface area (Å²) in [6.45, 7) is 1.61. The number of hydrogen-bond donors (Lipinski definition) is 5. The van der Waals surface area contributed by atoms with Crippen molar-refractivity contribution in [2.45, 2.75) is 31.4 Å². The van der Waals surface area contributed by atoms with Crippen LogP contribution in [0.5, 0.6) is 0 Å². The first-order valence-electron chi connectivity index (χ1n) is 8.72. The quantitative estimate of drug-likeness (QED) is 0.263. The van der Waals surface area contributed by atoms with E-state index < -0.39 is 29.9 Å². The van der Waals surface area contributed by atoms with Gasteiger partial charge in [0.1, 0.15) is 6.04 Å². The van der Waals surface area contributed by atoms with Crippen LogP contribution in [-0.2, 0) is 4.79 Å². The fourth-order valence-corrected chi connectivity index (χ4v) is 2.68. The summed E-state index contributed by atoms with van der Waals surface area (Å²) >= 11 is 0. The molecule has 7 nitrogen and oxygen atoms in total. The number of amides is 2. The first kappa shape index (κ1) is 21.8. The zero-order chi connectivity index (χ0) is 20.9. The summed E-state index contributed by atoms with van der Waals surface area (Å²) in [7, 11) is 1.89. The number of carbonyl (C=O) groups is 2. The van der Waals surface area contributed by atoms with Crippen molar-refractivity contribution in [2.75, 3.05) is 13.6 Å². The Kier molecular flexibility index (Phi) is 7.07.